The van der Waals surface area contributed by atoms with Crippen LogP contribution in [0.15, 0.2) is 4.47 Å². The molecule has 1 heterocycles. The van der Waals surface area contributed by atoms with Crippen molar-refractivity contribution in [3.05, 3.63) is 15.9 Å². The van der Waals surface area contributed by atoms with E-state index in [1.165, 1.54) is 15.9 Å². The maximum atomic E-state index is 4.64. The Balaban J connectivity index is 2.73. The van der Waals surface area contributed by atoms with Crippen molar-refractivity contribution < 1.29 is 0 Å². The van der Waals surface area contributed by atoms with E-state index < -0.39 is 0 Å². The van der Waals surface area contributed by atoms with Crippen molar-refractivity contribution in [1.29, 1.82) is 0 Å². The lowest BCUT2D eigenvalue weighted by Crippen LogP contribution is -2.29. The van der Waals surface area contributed by atoms with E-state index in [0.29, 0.717) is 12.0 Å². The second-order valence-electron chi connectivity index (χ2n) is 5.25. The number of rotatable bonds is 7. The second-order valence-corrected chi connectivity index (χ2v) is 6.04. The van der Waals surface area contributed by atoms with E-state index in [1.54, 1.807) is 0 Å². The summed E-state index contributed by atoms with van der Waals surface area (Å²) in [6.45, 7) is 13.0. The molecule has 1 unspecified atom stereocenters. The summed E-state index contributed by atoms with van der Waals surface area (Å²) in [5.41, 5.74) is 2.52. The van der Waals surface area contributed by atoms with Crippen molar-refractivity contribution in [3.8, 4) is 0 Å². The van der Waals surface area contributed by atoms with E-state index in [1.807, 2.05) is 0 Å². The molecule has 0 spiro atoms. The summed E-state index contributed by atoms with van der Waals surface area (Å²) in [6, 6.07) is 0.554. The summed E-state index contributed by atoms with van der Waals surface area (Å²) in [6.07, 6.45) is 2.06. The first-order chi connectivity index (χ1) is 8.49. The van der Waals surface area contributed by atoms with Crippen LogP contribution in [0.4, 0.5) is 0 Å². The topological polar surface area (TPSA) is 29.9 Å². The molecule has 0 saturated heterocycles. The smallest absolute Gasteiger partial charge is 0.0766 e. The molecule has 1 N–H and O–H groups in total. The number of aryl methyl sites for hydroxylation is 2. The minimum atomic E-state index is 0.554. The van der Waals surface area contributed by atoms with Crippen molar-refractivity contribution in [2.45, 2.75) is 60.0 Å². The normalized spacial score (nSPS) is 13.3. The second kappa shape index (κ2) is 7.29. The molecule has 0 saturated carbocycles. The van der Waals surface area contributed by atoms with Gasteiger partial charge in [0.1, 0.15) is 0 Å². The van der Waals surface area contributed by atoms with Crippen molar-refractivity contribution >= 4 is 15.9 Å². The highest BCUT2D eigenvalue weighted by molar-refractivity contribution is 9.10. The zero-order chi connectivity index (χ0) is 13.7. The number of hydrogen-bond donors (Lipinski definition) is 1. The molecule has 0 fully saturated rings. The summed E-state index contributed by atoms with van der Waals surface area (Å²) in [7, 11) is 0. The zero-order valence-electron chi connectivity index (χ0n) is 12.3. The van der Waals surface area contributed by atoms with Crippen LogP contribution in [0, 0.1) is 5.92 Å². The Hall–Kier alpha value is -0.350. The number of halogens is 1. The molecule has 0 radical (unpaired) electrons. The van der Waals surface area contributed by atoms with Gasteiger partial charge in [0, 0.05) is 12.6 Å². The van der Waals surface area contributed by atoms with Crippen molar-refractivity contribution in [1.82, 2.24) is 15.1 Å². The van der Waals surface area contributed by atoms with Gasteiger partial charge in [-0.05, 0) is 48.2 Å². The summed E-state index contributed by atoms with van der Waals surface area (Å²) in [5, 5.41) is 8.14. The van der Waals surface area contributed by atoms with E-state index in [4.69, 9.17) is 0 Å². The number of aromatic nitrogens is 2. The van der Waals surface area contributed by atoms with Gasteiger partial charge in [-0.1, -0.05) is 27.7 Å². The Morgan fingerprint density at radius 2 is 1.94 bits per heavy atom. The van der Waals surface area contributed by atoms with Crippen molar-refractivity contribution in [2.24, 2.45) is 5.92 Å². The van der Waals surface area contributed by atoms with Crippen LogP contribution in [-0.4, -0.2) is 22.4 Å². The maximum Gasteiger partial charge on any atom is 0.0766 e. The highest BCUT2D eigenvalue weighted by Crippen LogP contribution is 2.24. The Labute approximate surface area is 119 Å². The van der Waals surface area contributed by atoms with Crippen LogP contribution in [0.1, 0.15) is 46.0 Å². The lowest BCUT2D eigenvalue weighted by molar-refractivity contribution is 0.460. The van der Waals surface area contributed by atoms with Gasteiger partial charge in [-0.3, -0.25) is 4.68 Å². The van der Waals surface area contributed by atoms with Crippen molar-refractivity contribution in [2.75, 3.05) is 6.54 Å². The molecule has 0 aliphatic rings. The molecule has 4 heteroatoms. The molecule has 18 heavy (non-hydrogen) atoms. The summed E-state index contributed by atoms with van der Waals surface area (Å²) in [4.78, 5) is 0. The van der Waals surface area contributed by atoms with E-state index in [2.05, 4.69) is 65.6 Å². The fourth-order valence-corrected chi connectivity index (χ4v) is 2.78. The summed E-state index contributed by atoms with van der Waals surface area (Å²) >= 11 is 3.71. The third-order valence-electron chi connectivity index (χ3n) is 3.11. The number of nitrogens with zero attached hydrogens (tertiary/aromatic N) is 2. The molecular formula is C14H26BrN3. The third kappa shape index (κ3) is 4.09. The molecule has 1 rings (SSSR count). The van der Waals surface area contributed by atoms with Gasteiger partial charge in [-0.2, -0.15) is 5.10 Å². The minimum Gasteiger partial charge on any atom is -0.314 e. The van der Waals surface area contributed by atoms with Crippen LogP contribution in [0.3, 0.4) is 0 Å². The van der Waals surface area contributed by atoms with Gasteiger partial charge in [0.15, 0.2) is 0 Å². The predicted molar refractivity (Wildman–Crippen MR) is 81.0 cm³/mol. The highest BCUT2D eigenvalue weighted by Gasteiger charge is 2.16. The Morgan fingerprint density at radius 3 is 2.44 bits per heavy atom. The monoisotopic (exact) mass is 315 g/mol. The first-order valence-electron chi connectivity index (χ1n) is 6.96. The Kier molecular flexibility index (Phi) is 6.36. The van der Waals surface area contributed by atoms with Crippen molar-refractivity contribution in [3.63, 3.8) is 0 Å². The number of nitrogens with one attached hydrogen (secondary N) is 1. The fourth-order valence-electron chi connectivity index (χ4n) is 2.05. The van der Waals surface area contributed by atoms with Gasteiger partial charge >= 0.3 is 0 Å². The van der Waals surface area contributed by atoms with Gasteiger partial charge in [0.25, 0.3) is 0 Å². The predicted octanol–water partition coefficient (Wildman–Crippen LogP) is 3.40. The Morgan fingerprint density at radius 1 is 1.28 bits per heavy atom. The van der Waals surface area contributed by atoms with Gasteiger partial charge in [-0.25, -0.2) is 0 Å². The Bertz CT molecular complexity index is 371. The van der Waals surface area contributed by atoms with Crippen LogP contribution >= 0.6 is 15.9 Å². The van der Waals surface area contributed by atoms with Crippen LogP contribution in [0.5, 0.6) is 0 Å². The first kappa shape index (κ1) is 15.7. The largest absolute Gasteiger partial charge is 0.314 e. The van der Waals surface area contributed by atoms with Gasteiger partial charge in [0.2, 0.25) is 0 Å². The third-order valence-corrected chi connectivity index (χ3v) is 4.03. The zero-order valence-corrected chi connectivity index (χ0v) is 13.8. The van der Waals surface area contributed by atoms with Gasteiger partial charge in [-0.15, -0.1) is 0 Å². The fraction of sp³-hybridized carbons (Fsp3) is 0.786. The maximum absolute atomic E-state index is 4.64. The molecule has 104 valence electrons. The van der Waals surface area contributed by atoms with Gasteiger partial charge < -0.3 is 5.32 Å². The first-order valence-corrected chi connectivity index (χ1v) is 7.76. The van der Waals surface area contributed by atoms with Crippen LogP contribution in [0.25, 0.3) is 0 Å². The molecule has 1 atom stereocenters. The highest BCUT2D eigenvalue weighted by atomic mass is 79.9. The average molecular weight is 316 g/mol. The van der Waals surface area contributed by atoms with Gasteiger partial charge in [0.05, 0.1) is 15.9 Å². The summed E-state index contributed by atoms with van der Waals surface area (Å²) in [5.74, 6) is 0.621. The standard InChI is InChI=1S/C14H26BrN3/c1-6-12-14(15)13(18(7-2)17-12)8-11(5)9-16-10(3)4/h10-11,16H,6-9H2,1-5H3. The quantitative estimate of drug-likeness (QED) is 0.835. The van der Waals surface area contributed by atoms with E-state index in [0.717, 1.165) is 25.9 Å². The molecule has 1 aromatic rings. The summed E-state index contributed by atoms with van der Waals surface area (Å²) < 4.78 is 3.35. The number of hydrogen-bond acceptors (Lipinski definition) is 2. The molecule has 0 bridgehead atoms. The molecule has 0 aliphatic carbocycles. The van der Waals surface area contributed by atoms with Crippen LogP contribution in [-0.2, 0) is 19.4 Å². The molecule has 0 aromatic carbocycles. The van der Waals surface area contributed by atoms with E-state index in [-0.39, 0.29) is 0 Å². The van der Waals surface area contributed by atoms with Crippen LogP contribution in [0.2, 0.25) is 0 Å². The average Bonchev–Trinajstić information content (AvgIpc) is 2.63. The molecule has 0 aliphatic heterocycles. The molecule has 3 nitrogen and oxygen atoms in total. The van der Waals surface area contributed by atoms with Crippen LogP contribution < -0.4 is 5.32 Å². The molecular weight excluding hydrogens is 290 g/mol. The molecule has 0 amide bonds. The SMILES string of the molecule is CCc1nn(CC)c(CC(C)CNC(C)C)c1Br. The van der Waals surface area contributed by atoms with E-state index >= 15 is 0 Å². The lowest BCUT2D eigenvalue weighted by Gasteiger charge is -2.15. The van der Waals surface area contributed by atoms with E-state index in [9.17, 15) is 0 Å². The minimum absolute atomic E-state index is 0.554. The lowest BCUT2D eigenvalue weighted by atomic mass is 10.0. The molecule has 1 aromatic heterocycles.